The average Bonchev–Trinajstić information content (AvgIpc) is 2.75. The van der Waals surface area contributed by atoms with Gasteiger partial charge in [-0.15, -0.1) is 0 Å². The Balaban J connectivity index is 1.89. The fourth-order valence-electron chi connectivity index (χ4n) is 2.00. The second kappa shape index (κ2) is 8.05. The van der Waals surface area contributed by atoms with Crippen LogP contribution < -0.4 is 5.11 Å². The number of unbranched alkanes of at least 4 members (excludes halogenated alkanes) is 2. The highest BCUT2D eigenvalue weighted by atomic mass is 32.2. The van der Waals surface area contributed by atoms with Gasteiger partial charge in [-0.05, 0) is 37.5 Å². The van der Waals surface area contributed by atoms with Crippen molar-refractivity contribution >= 4 is 46.3 Å². The number of nitrogens with zero attached hydrogens (tertiary/aromatic N) is 2. The molecular weight excluding hydrogens is 320 g/mol. The number of amides is 1. The number of thiocarbonyl (C=S) groups is 1. The molecule has 22 heavy (non-hydrogen) atoms. The van der Waals surface area contributed by atoms with Gasteiger partial charge in [0.15, 0.2) is 0 Å². The molecule has 0 atom stereocenters. The molecule has 1 fully saturated rings. The topological polar surface area (TPSA) is 73.3 Å². The summed E-state index contributed by atoms with van der Waals surface area (Å²) in [7, 11) is 0. The Labute approximate surface area is 138 Å². The molecule has 5 nitrogen and oxygen atoms in total. The first-order chi connectivity index (χ1) is 10.6. The van der Waals surface area contributed by atoms with Gasteiger partial charge in [-0.2, -0.15) is 0 Å². The van der Waals surface area contributed by atoms with Crippen LogP contribution in [0.15, 0.2) is 29.3 Å². The lowest BCUT2D eigenvalue weighted by molar-refractivity contribution is -0.305. The van der Waals surface area contributed by atoms with Gasteiger partial charge in [-0.3, -0.25) is 14.7 Å². The summed E-state index contributed by atoms with van der Waals surface area (Å²) in [5.41, 5.74) is 0.719. The standard InChI is InChI=1S/C15H16N2O3S2/c18-13(19)7-2-1-5-9-17-14(20)12(22-15(17)21)10-11-6-3-4-8-16-11/h3-4,6,8,10H,1-2,5,7,9H2,(H,18,19)/p-1/b12-10-. The van der Waals surface area contributed by atoms with Gasteiger partial charge in [0, 0.05) is 18.7 Å². The van der Waals surface area contributed by atoms with Crippen LogP contribution in [0.2, 0.25) is 0 Å². The minimum atomic E-state index is -1.04. The summed E-state index contributed by atoms with van der Waals surface area (Å²) < 4.78 is 0.534. The summed E-state index contributed by atoms with van der Waals surface area (Å²) >= 11 is 6.50. The number of pyridine rings is 1. The molecule has 2 rings (SSSR count). The maximum absolute atomic E-state index is 12.3. The minimum absolute atomic E-state index is 0.0535. The van der Waals surface area contributed by atoms with Gasteiger partial charge in [0.1, 0.15) is 4.32 Å². The molecule has 0 aromatic carbocycles. The second-order valence-electron chi connectivity index (χ2n) is 4.77. The molecule has 0 spiro atoms. The van der Waals surface area contributed by atoms with Gasteiger partial charge in [0.25, 0.3) is 5.91 Å². The monoisotopic (exact) mass is 335 g/mol. The Bertz CT molecular complexity index is 602. The molecule has 116 valence electrons. The van der Waals surface area contributed by atoms with E-state index in [2.05, 4.69) is 4.98 Å². The van der Waals surface area contributed by atoms with Crippen LogP contribution in [0.4, 0.5) is 0 Å². The zero-order valence-electron chi connectivity index (χ0n) is 11.9. The average molecular weight is 335 g/mol. The van der Waals surface area contributed by atoms with Gasteiger partial charge in [0.05, 0.1) is 10.6 Å². The lowest BCUT2D eigenvalue weighted by atomic mass is 10.2. The number of aliphatic carboxylic acids is 1. The molecule has 7 heteroatoms. The molecular formula is C15H15N2O3S2-. The number of rotatable bonds is 7. The van der Waals surface area contributed by atoms with E-state index in [0.717, 1.165) is 18.5 Å². The van der Waals surface area contributed by atoms with E-state index in [1.54, 1.807) is 17.2 Å². The van der Waals surface area contributed by atoms with Crippen molar-refractivity contribution in [3.8, 4) is 0 Å². The number of hydrogen-bond acceptors (Lipinski definition) is 6. The predicted molar refractivity (Wildman–Crippen MR) is 87.6 cm³/mol. The SMILES string of the molecule is O=C([O-])CCCCCN1C(=O)/C(=C/c2ccccn2)SC1=S. The Hall–Kier alpha value is -1.73. The number of carbonyl (C=O) groups excluding carboxylic acids is 2. The van der Waals surface area contributed by atoms with Crippen molar-refractivity contribution < 1.29 is 14.7 Å². The Morgan fingerprint density at radius 1 is 1.36 bits per heavy atom. The van der Waals surface area contributed by atoms with Crippen molar-refractivity contribution in [2.75, 3.05) is 6.54 Å². The summed E-state index contributed by atoms with van der Waals surface area (Å²) in [6, 6.07) is 5.50. The van der Waals surface area contributed by atoms with Gasteiger partial charge in [-0.25, -0.2) is 0 Å². The molecule has 1 aromatic heterocycles. The Kier molecular flexibility index (Phi) is 6.09. The third-order valence-electron chi connectivity index (χ3n) is 3.10. The van der Waals surface area contributed by atoms with E-state index in [0.29, 0.717) is 22.2 Å². The van der Waals surface area contributed by atoms with Crippen molar-refractivity contribution in [2.45, 2.75) is 25.7 Å². The molecule has 1 aliphatic rings. The van der Waals surface area contributed by atoms with Crippen molar-refractivity contribution in [1.29, 1.82) is 0 Å². The zero-order chi connectivity index (χ0) is 15.9. The van der Waals surface area contributed by atoms with Crippen LogP contribution in [-0.2, 0) is 9.59 Å². The molecule has 0 N–H and O–H groups in total. The quantitative estimate of drug-likeness (QED) is 0.428. The second-order valence-corrected chi connectivity index (χ2v) is 6.45. The largest absolute Gasteiger partial charge is 0.550 e. The van der Waals surface area contributed by atoms with Crippen LogP contribution >= 0.6 is 24.0 Å². The van der Waals surface area contributed by atoms with Gasteiger partial charge >= 0.3 is 0 Å². The first-order valence-electron chi connectivity index (χ1n) is 6.94. The third kappa shape index (κ3) is 4.64. The zero-order valence-corrected chi connectivity index (χ0v) is 13.5. The van der Waals surface area contributed by atoms with Crippen LogP contribution in [0.3, 0.4) is 0 Å². The number of carboxylic acid groups (broad SMARTS) is 1. The Morgan fingerprint density at radius 2 is 2.18 bits per heavy atom. The van der Waals surface area contributed by atoms with Crippen molar-refractivity contribution in [3.63, 3.8) is 0 Å². The van der Waals surface area contributed by atoms with Gasteiger partial charge < -0.3 is 9.90 Å². The van der Waals surface area contributed by atoms with Crippen LogP contribution in [0.25, 0.3) is 6.08 Å². The number of thioether (sulfide) groups is 1. The maximum atomic E-state index is 12.3. The minimum Gasteiger partial charge on any atom is -0.550 e. The van der Waals surface area contributed by atoms with Crippen molar-refractivity contribution in [2.24, 2.45) is 0 Å². The van der Waals surface area contributed by atoms with Crippen LogP contribution in [-0.4, -0.2) is 32.6 Å². The molecule has 1 saturated heterocycles. The first-order valence-corrected chi connectivity index (χ1v) is 8.16. The summed E-state index contributed by atoms with van der Waals surface area (Å²) in [6.45, 7) is 0.511. The lowest BCUT2D eigenvalue weighted by Gasteiger charge is -2.14. The van der Waals surface area contributed by atoms with E-state index in [1.165, 1.54) is 11.8 Å². The van der Waals surface area contributed by atoms with Crippen molar-refractivity contribution in [3.05, 3.63) is 35.0 Å². The first kappa shape index (κ1) is 16.6. The summed E-state index contributed by atoms with van der Waals surface area (Å²) in [5, 5.41) is 10.3. The lowest BCUT2D eigenvalue weighted by Crippen LogP contribution is -2.29. The van der Waals surface area contributed by atoms with Gasteiger partial charge in [0.2, 0.25) is 0 Å². The smallest absolute Gasteiger partial charge is 0.266 e. The van der Waals surface area contributed by atoms with E-state index in [-0.39, 0.29) is 12.3 Å². The summed E-state index contributed by atoms with van der Waals surface area (Å²) in [4.78, 5) is 28.9. The predicted octanol–water partition coefficient (Wildman–Crippen LogP) is 1.59. The molecule has 0 radical (unpaired) electrons. The van der Waals surface area contributed by atoms with Crippen LogP contribution in [0, 0.1) is 0 Å². The highest BCUT2D eigenvalue weighted by Crippen LogP contribution is 2.32. The highest BCUT2D eigenvalue weighted by molar-refractivity contribution is 8.26. The molecule has 0 aliphatic carbocycles. The van der Waals surface area contributed by atoms with Gasteiger partial charge in [-0.1, -0.05) is 36.5 Å². The molecule has 1 aliphatic heterocycles. The van der Waals surface area contributed by atoms with Crippen LogP contribution in [0.1, 0.15) is 31.4 Å². The fraction of sp³-hybridized carbons (Fsp3) is 0.333. The van der Waals surface area contributed by atoms with Crippen LogP contribution in [0.5, 0.6) is 0 Å². The van der Waals surface area contributed by atoms with E-state index >= 15 is 0 Å². The molecule has 0 saturated carbocycles. The van der Waals surface area contributed by atoms with Crippen molar-refractivity contribution in [1.82, 2.24) is 9.88 Å². The normalized spacial score (nSPS) is 16.5. The maximum Gasteiger partial charge on any atom is 0.266 e. The number of carboxylic acids is 1. The molecule has 0 bridgehead atoms. The van der Waals surface area contributed by atoms with E-state index in [1.807, 2.05) is 18.2 Å². The number of carbonyl (C=O) groups is 2. The van der Waals surface area contributed by atoms with E-state index in [4.69, 9.17) is 12.2 Å². The molecule has 1 amide bonds. The summed E-state index contributed by atoms with van der Waals surface area (Å²) in [6.07, 6.45) is 5.46. The fourth-order valence-corrected chi connectivity index (χ4v) is 3.30. The summed E-state index contributed by atoms with van der Waals surface area (Å²) in [5.74, 6) is -1.15. The van der Waals surface area contributed by atoms with E-state index in [9.17, 15) is 14.7 Å². The molecule has 2 heterocycles. The number of aromatic nitrogens is 1. The van der Waals surface area contributed by atoms with E-state index < -0.39 is 5.97 Å². The molecule has 1 aromatic rings. The number of hydrogen-bond donors (Lipinski definition) is 0. The highest BCUT2D eigenvalue weighted by Gasteiger charge is 2.31. The third-order valence-corrected chi connectivity index (χ3v) is 4.48. The molecule has 0 unspecified atom stereocenters. The Morgan fingerprint density at radius 3 is 2.86 bits per heavy atom.